The van der Waals surface area contributed by atoms with Crippen molar-refractivity contribution < 1.29 is 44.6 Å². The number of aliphatic hydroxyl groups is 1. The molecule has 0 fully saturated rings. The third-order valence-electron chi connectivity index (χ3n) is 2.35. The molecule has 1 rings (SSSR count). The van der Waals surface area contributed by atoms with E-state index < -0.39 is 17.3 Å². The average Bonchev–Trinajstić information content (AvgIpc) is 1.97. The van der Waals surface area contributed by atoms with Gasteiger partial charge in [-0.2, -0.15) is 0 Å². The Morgan fingerprint density at radius 1 is 1.54 bits per heavy atom. The van der Waals surface area contributed by atoms with Crippen molar-refractivity contribution in [3.63, 3.8) is 0 Å². The number of allylic oxidation sites excluding steroid dienone is 1. The standard InChI is InChI=1S/C9H13O3.Na/c1-5-7(11)6(10)4-9(2,3)8(5)12;/h6,12H,4H2,1-3H3;/q-1;+1. The molecular weight excluding hydrogens is 179 g/mol. The summed E-state index contributed by atoms with van der Waals surface area (Å²) in [7, 11) is 0. The van der Waals surface area contributed by atoms with Crippen LogP contribution in [0.1, 0.15) is 27.2 Å². The third kappa shape index (κ3) is 2.34. The fraction of sp³-hybridized carbons (Fsp3) is 0.667. The molecule has 0 heterocycles. The largest absolute Gasteiger partial charge is 1.00 e. The summed E-state index contributed by atoms with van der Waals surface area (Å²) in [4.78, 5) is 11.1. The van der Waals surface area contributed by atoms with Gasteiger partial charge in [-0.05, 0) is 13.3 Å². The first-order valence-corrected chi connectivity index (χ1v) is 3.96. The number of Topliss-reactive ketones (excluding diaryl/α,β-unsaturated/α-hetero) is 1. The van der Waals surface area contributed by atoms with Crippen LogP contribution in [0.15, 0.2) is 11.3 Å². The van der Waals surface area contributed by atoms with Gasteiger partial charge in [0.2, 0.25) is 0 Å². The van der Waals surface area contributed by atoms with Gasteiger partial charge in [-0.15, -0.1) is 0 Å². The molecule has 3 nitrogen and oxygen atoms in total. The van der Waals surface area contributed by atoms with E-state index in [0.29, 0.717) is 0 Å². The molecule has 0 bridgehead atoms. The van der Waals surface area contributed by atoms with Gasteiger partial charge >= 0.3 is 29.6 Å². The number of rotatable bonds is 0. The van der Waals surface area contributed by atoms with Crippen LogP contribution < -0.4 is 34.7 Å². The molecular formula is C9H13NaO3. The number of hydrogen-bond acceptors (Lipinski definition) is 3. The first kappa shape index (κ1) is 13.2. The second kappa shape index (κ2) is 4.13. The Hall–Kier alpha value is 0.170. The zero-order chi connectivity index (χ0) is 9.52. The van der Waals surface area contributed by atoms with Gasteiger partial charge in [-0.3, -0.25) is 4.79 Å². The van der Waals surface area contributed by atoms with Crippen molar-refractivity contribution in [1.82, 2.24) is 0 Å². The Labute approximate surface area is 100 Å². The Balaban J connectivity index is 0.00000144. The van der Waals surface area contributed by atoms with E-state index in [1.54, 1.807) is 13.8 Å². The summed E-state index contributed by atoms with van der Waals surface area (Å²) in [6.07, 6.45) is -1.01. The topological polar surface area (TPSA) is 60.4 Å². The van der Waals surface area contributed by atoms with E-state index in [1.807, 2.05) is 0 Å². The van der Waals surface area contributed by atoms with Crippen LogP contribution in [0.4, 0.5) is 0 Å². The van der Waals surface area contributed by atoms with Gasteiger partial charge in [0.1, 0.15) is 11.5 Å². The minimum Gasteiger partial charge on any atom is -0.846 e. The molecule has 0 radical (unpaired) electrons. The van der Waals surface area contributed by atoms with Gasteiger partial charge in [0.15, 0.2) is 0 Å². The van der Waals surface area contributed by atoms with Crippen LogP contribution >= 0.6 is 0 Å². The minimum atomic E-state index is -1.20. The Morgan fingerprint density at radius 3 is 2.46 bits per heavy atom. The fourth-order valence-corrected chi connectivity index (χ4v) is 1.52. The van der Waals surface area contributed by atoms with E-state index >= 15 is 0 Å². The van der Waals surface area contributed by atoms with Crippen LogP contribution in [0.5, 0.6) is 0 Å². The summed E-state index contributed by atoms with van der Waals surface area (Å²) in [6, 6.07) is 0. The predicted octanol–water partition coefficient (Wildman–Crippen LogP) is -2.45. The monoisotopic (exact) mass is 192 g/mol. The van der Waals surface area contributed by atoms with Crippen molar-refractivity contribution >= 4 is 5.78 Å². The predicted molar refractivity (Wildman–Crippen MR) is 42.5 cm³/mol. The van der Waals surface area contributed by atoms with Crippen molar-refractivity contribution in [1.29, 1.82) is 0 Å². The van der Waals surface area contributed by atoms with Gasteiger partial charge in [0.25, 0.3) is 0 Å². The molecule has 0 aromatic rings. The molecule has 4 heteroatoms. The Morgan fingerprint density at radius 2 is 2.00 bits per heavy atom. The van der Waals surface area contributed by atoms with E-state index in [9.17, 15) is 15.0 Å². The molecule has 13 heavy (non-hydrogen) atoms. The van der Waals surface area contributed by atoms with Crippen LogP contribution in [-0.4, -0.2) is 17.0 Å². The van der Waals surface area contributed by atoms with Gasteiger partial charge < -0.3 is 10.2 Å². The summed E-state index contributed by atoms with van der Waals surface area (Å²) in [5.41, 5.74) is -0.309. The molecule has 1 N–H and O–H groups in total. The van der Waals surface area contributed by atoms with Gasteiger partial charge in [0, 0.05) is 11.0 Å². The SMILES string of the molecule is CC1=C(O)C(C)(C)CC([O-])C1=O.[Na+]. The van der Waals surface area contributed by atoms with Crippen LogP contribution in [0.3, 0.4) is 0 Å². The molecule has 68 valence electrons. The summed E-state index contributed by atoms with van der Waals surface area (Å²) < 4.78 is 0. The summed E-state index contributed by atoms with van der Waals surface area (Å²) in [5, 5.41) is 20.7. The molecule has 0 amide bonds. The van der Waals surface area contributed by atoms with Gasteiger partial charge in [0.05, 0.1) is 0 Å². The molecule has 1 atom stereocenters. The van der Waals surface area contributed by atoms with Gasteiger partial charge in [-0.1, -0.05) is 20.0 Å². The van der Waals surface area contributed by atoms with Crippen molar-refractivity contribution in [2.24, 2.45) is 5.41 Å². The molecule has 1 unspecified atom stereocenters. The summed E-state index contributed by atoms with van der Waals surface area (Å²) in [5.74, 6) is -0.397. The quantitative estimate of drug-likeness (QED) is 0.433. The molecule has 0 aromatic carbocycles. The smallest absolute Gasteiger partial charge is 0.846 e. The maximum atomic E-state index is 11.2. The molecule has 1 aliphatic rings. The number of carbonyl (C=O) groups excluding carboxylic acids is 1. The molecule has 0 spiro atoms. The van der Waals surface area contributed by atoms with Crippen molar-refractivity contribution in [2.45, 2.75) is 33.3 Å². The second-order valence-electron chi connectivity index (χ2n) is 3.91. The van der Waals surface area contributed by atoms with Crippen LogP contribution in [0.2, 0.25) is 0 Å². The zero-order valence-electron chi connectivity index (χ0n) is 8.55. The number of hydrogen-bond donors (Lipinski definition) is 1. The van der Waals surface area contributed by atoms with Crippen LogP contribution in [0.25, 0.3) is 0 Å². The van der Waals surface area contributed by atoms with Crippen molar-refractivity contribution in [2.75, 3.05) is 0 Å². The second-order valence-corrected chi connectivity index (χ2v) is 3.91. The summed E-state index contributed by atoms with van der Waals surface area (Å²) >= 11 is 0. The Kier molecular flexibility index (Phi) is 4.19. The van der Waals surface area contributed by atoms with E-state index in [4.69, 9.17) is 0 Å². The van der Waals surface area contributed by atoms with Crippen LogP contribution in [-0.2, 0) is 4.79 Å². The van der Waals surface area contributed by atoms with Gasteiger partial charge in [-0.25, -0.2) is 0 Å². The van der Waals surface area contributed by atoms with Crippen LogP contribution in [0, 0.1) is 5.41 Å². The average molecular weight is 192 g/mol. The van der Waals surface area contributed by atoms with E-state index in [1.165, 1.54) is 6.92 Å². The summed E-state index contributed by atoms with van der Waals surface area (Å²) in [6.45, 7) is 5.04. The first-order valence-electron chi connectivity index (χ1n) is 3.96. The maximum absolute atomic E-state index is 11.2. The molecule has 0 aliphatic heterocycles. The normalized spacial score (nSPS) is 27.1. The third-order valence-corrected chi connectivity index (χ3v) is 2.35. The van der Waals surface area contributed by atoms with E-state index in [2.05, 4.69) is 0 Å². The molecule has 0 aromatic heterocycles. The molecule has 0 saturated carbocycles. The number of ketones is 1. The first-order chi connectivity index (χ1) is 5.36. The zero-order valence-corrected chi connectivity index (χ0v) is 10.5. The number of carbonyl (C=O) groups is 1. The maximum Gasteiger partial charge on any atom is 1.00 e. The van der Waals surface area contributed by atoms with Crippen molar-refractivity contribution in [3.8, 4) is 0 Å². The molecule has 0 saturated heterocycles. The minimum absolute atomic E-state index is 0. The van der Waals surface area contributed by atoms with Crippen molar-refractivity contribution in [3.05, 3.63) is 11.3 Å². The fourth-order valence-electron chi connectivity index (χ4n) is 1.52. The Bertz CT molecular complexity index is 256. The van der Waals surface area contributed by atoms with E-state index in [-0.39, 0.29) is 47.3 Å². The number of aliphatic hydroxyl groups excluding tert-OH is 1. The molecule has 1 aliphatic carbocycles. The van der Waals surface area contributed by atoms with E-state index in [0.717, 1.165) is 0 Å².